The van der Waals surface area contributed by atoms with Crippen LogP contribution in [0.3, 0.4) is 0 Å². The maximum atomic E-state index is 13.2. The molecule has 1 amide bonds. The molecule has 10 nitrogen and oxygen atoms in total. The smallest absolute Gasteiger partial charge is 0.267 e. The summed E-state index contributed by atoms with van der Waals surface area (Å²) in [5.74, 6) is 0.876. The highest BCUT2D eigenvalue weighted by Crippen LogP contribution is 2.32. The van der Waals surface area contributed by atoms with E-state index in [0.717, 1.165) is 0 Å². The molecule has 162 valence electrons. The Balaban J connectivity index is 1.28. The topological polar surface area (TPSA) is 115 Å². The third-order valence-electron chi connectivity index (χ3n) is 5.28. The predicted octanol–water partition coefficient (Wildman–Crippen LogP) is 1.55. The van der Waals surface area contributed by atoms with E-state index < -0.39 is 16.1 Å². The number of piperazine rings is 1. The Morgan fingerprint density at radius 1 is 1.00 bits per heavy atom. The number of rotatable bonds is 3. The highest BCUT2D eigenvalue weighted by molar-refractivity contribution is 7.89. The number of hydrogen-bond acceptors (Lipinski definition) is 8. The van der Waals surface area contributed by atoms with E-state index in [1.165, 1.54) is 16.4 Å². The lowest BCUT2D eigenvalue weighted by molar-refractivity contribution is -0.142. The van der Waals surface area contributed by atoms with E-state index in [9.17, 15) is 13.2 Å². The van der Waals surface area contributed by atoms with Crippen molar-refractivity contribution < 1.29 is 27.3 Å². The van der Waals surface area contributed by atoms with E-state index in [4.69, 9.17) is 21.1 Å². The number of sulfonamides is 1. The molecule has 1 atom stereocenters. The van der Waals surface area contributed by atoms with Gasteiger partial charge in [0, 0.05) is 26.2 Å². The summed E-state index contributed by atoms with van der Waals surface area (Å²) in [6.07, 6.45) is -0.768. The Labute approximate surface area is 182 Å². The predicted molar refractivity (Wildman–Crippen MR) is 109 cm³/mol. The van der Waals surface area contributed by atoms with Gasteiger partial charge in [0.15, 0.2) is 22.5 Å². The monoisotopic (exact) mass is 464 g/mol. The minimum Gasteiger partial charge on any atom is -0.485 e. The summed E-state index contributed by atoms with van der Waals surface area (Å²) in [6, 6.07) is 9.97. The summed E-state index contributed by atoms with van der Waals surface area (Å²) in [5.41, 5.74) is 0.267. The number of amides is 1. The molecule has 5 rings (SSSR count). The van der Waals surface area contributed by atoms with Crippen molar-refractivity contribution in [2.24, 2.45) is 0 Å². The van der Waals surface area contributed by atoms with Gasteiger partial charge in [-0.25, -0.2) is 13.0 Å². The van der Waals surface area contributed by atoms with Crippen LogP contribution in [0.15, 0.2) is 45.9 Å². The summed E-state index contributed by atoms with van der Waals surface area (Å²) in [7, 11) is -3.87. The number of halogens is 1. The zero-order valence-electron chi connectivity index (χ0n) is 16.1. The van der Waals surface area contributed by atoms with Gasteiger partial charge in [-0.05, 0) is 34.6 Å². The molecular formula is C19H17ClN4O6S. The van der Waals surface area contributed by atoms with Crippen molar-refractivity contribution >= 4 is 38.6 Å². The number of para-hydroxylation sites is 2. The Bertz CT molecular complexity index is 1260. The van der Waals surface area contributed by atoms with E-state index in [0.29, 0.717) is 11.5 Å². The first-order valence-electron chi connectivity index (χ1n) is 9.53. The molecule has 31 heavy (non-hydrogen) atoms. The molecule has 0 spiro atoms. The fourth-order valence-electron chi connectivity index (χ4n) is 3.65. The molecule has 2 aliphatic rings. The van der Waals surface area contributed by atoms with E-state index in [-0.39, 0.29) is 59.6 Å². The SMILES string of the molecule is O=C([C@H]1COc2ccccc2O1)N1CCN(S(=O)(=O)c2ccc(Cl)c3nonc23)CC1. The summed E-state index contributed by atoms with van der Waals surface area (Å²) in [5, 5.41) is 7.60. The average Bonchev–Trinajstić information content (AvgIpc) is 3.29. The first-order valence-corrected chi connectivity index (χ1v) is 11.3. The third kappa shape index (κ3) is 3.48. The second-order valence-corrected chi connectivity index (χ2v) is 9.41. The maximum absolute atomic E-state index is 13.2. The minimum atomic E-state index is -3.87. The number of carbonyl (C=O) groups excluding carboxylic acids is 1. The summed E-state index contributed by atoms with van der Waals surface area (Å²) in [6.45, 7) is 0.832. The highest BCUT2D eigenvalue weighted by Gasteiger charge is 2.36. The van der Waals surface area contributed by atoms with Gasteiger partial charge in [-0.15, -0.1) is 0 Å². The molecule has 0 unspecified atom stereocenters. The van der Waals surface area contributed by atoms with Crippen molar-refractivity contribution in [2.45, 2.75) is 11.0 Å². The molecule has 0 bridgehead atoms. The van der Waals surface area contributed by atoms with Crippen LogP contribution in [0.4, 0.5) is 0 Å². The van der Waals surface area contributed by atoms with Crippen LogP contribution in [0.5, 0.6) is 11.5 Å². The van der Waals surface area contributed by atoms with Gasteiger partial charge in [0.2, 0.25) is 16.1 Å². The van der Waals surface area contributed by atoms with Crippen molar-refractivity contribution in [2.75, 3.05) is 32.8 Å². The minimum absolute atomic E-state index is 0.0338. The molecular weight excluding hydrogens is 448 g/mol. The standard InChI is InChI=1S/C19H17ClN4O6S/c20-12-5-6-16(18-17(12)21-30-22-18)31(26,27)24-9-7-23(8-10-24)19(25)15-11-28-13-3-1-2-4-14(13)29-15/h1-6,15H,7-11H2/t15-/m1/s1. The molecule has 3 heterocycles. The van der Waals surface area contributed by atoms with Crippen molar-refractivity contribution in [3.63, 3.8) is 0 Å². The molecule has 0 aliphatic carbocycles. The summed E-state index contributed by atoms with van der Waals surface area (Å²) >= 11 is 6.03. The molecule has 1 fully saturated rings. The first-order chi connectivity index (χ1) is 14.9. The van der Waals surface area contributed by atoms with Gasteiger partial charge in [-0.3, -0.25) is 4.79 Å². The molecule has 0 N–H and O–H groups in total. The lowest BCUT2D eigenvalue weighted by Crippen LogP contribution is -2.55. The van der Waals surface area contributed by atoms with E-state index in [1.54, 1.807) is 23.1 Å². The Kier molecular flexibility index (Phi) is 4.95. The molecule has 2 aliphatic heterocycles. The van der Waals surface area contributed by atoms with Crippen LogP contribution in [-0.4, -0.2) is 72.7 Å². The van der Waals surface area contributed by atoms with Crippen LogP contribution >= 0.6 is 11.6 Å². The largest absolute Gasteiger partial charge is 0.485 e. The van der Waals surface area contributed by atoms with Crippen LogP contribution in [0.25, 0.3) is 11.0 Å². The second-order valence-electron chi connectivity index (χ2n) is 7.10. The zero-order chi connectivity index (χ0) is 21.6. The number of carbonyl (C=O) groups is 1. The van der Waals surface area contributed by atoms with E-state index in [2.05, 4.69) is 14.9 Å². The van der Waals surface area contributed by atoms with E-state index >= 15 is 0 Å². The quantitative estimate of drug-likeness (QED) is 0.573. The van der Waals surface area contributed by atoms with Gasteiger partial charge < -0.3 is 14.4 Å². The summed E-state index contributed by atoms with van der Waals surface area (Å²) < 4.78 is 43.7. The molecule has 12 heteroatoms. The molecule has 2 aromatic carbocycles. The number of fused-ring (bicyclic) bond motifs is 2. The first kappa shape index (κ1) is 20.0. The fraction of sp³-hybridized carbons (Fsp3) is 0.316. The fourth-order valence-corrected chi connectivity index (χ4v) is 5.38. The van der Waals surface area contributed by atoms with Crippen LogP contribution in [0.2, 0.25) is 5.02 Å². The highest BCUT2D eigenvalue weighted by atomic mass is 35.5. The number of ether oxygens (including phenoxy) is 2. The second kappa shape index (κ2) is 7.66. The lowest BCUT2D eigenvalue weighted by Gasteiger charge is -2.36. The molecule has 0 radical (unpaired) electrons. The van der Waals surface area contributed by atoms with Crippen LogP contribution in [0, 0.1) is 0 Å². The van der Waals surface area contributed by atoms with Crippen LogP contribution < -0.4 is 9.47 Å². The molecule has 3 aromatic rings. The normalized spacial score (nSPS) is 19.5. The van der Waals surface area contributed by atoms with Crippen molar-refractivity contribution in [3.05, 3.63) is 41.4 Å². The number of benzene rings is 2. The van der Waals surface area contributed by atoms with Gasteiger partial charge in [0.05, 0.1) is 5.02 Å². The van der Waals surface area contributed by atoms with Gasteiger partial charge in [0.1, 0.15) is 11.5 Å². The maximum Gasteiger partial charge on any atom is 0.267 e. The van der Waals surface area contributed by atoms with Gasteiger partial charge in [0.25, 0.3) is 5.91 Å². The van der Waals surface area contributed by atoms with Crippen molar-refractivity contribution in [1.29, 1.82) is 0 Å². The Morgan fingerprint density at radius 2 is 1.71 bits per heavy atom. The van der Waals surface area contributed by atoms with Gasteiger partial charge in [-0.1, -0.05) is 23.7 Å². The van der Waals surface area contributed by atoms with Gasteiger partial charge >= 0.3 is 0 Å². The Hall–Kier alpha value is -2.89. The van der Waals surface area contributed by atoms with E-state index in [1.807, 2.05) is 6.07 Å². The number of aromatic nitrogens is 2. The van der Waals surface area contributed by atoms with Crippen molar-refractivity contribution in [3.8, 4) is 11.5 Å². The summed E-state index contributed by atoms with van der Waals surface area (Å²) in [4.78, 5) is 14.4. The number of nitrogens with zero attached hydrogens (tertiary/aromatic N) is 4. The lowest BCUT2D eigenvalue weighted by atomic mass is 10.2. The van der Waals surface area contributed by atoms with Crippen LogP contribution in [0.1, 0.15) is 0 Å². The van der Waals surface area contributed by atoms with Crippen LogP contribution in [-0.2, 0) is 14.8 Å². The Morgan fingerprint density at radius 3 is 2.48 bits per heavy atom. The zero-order valence-corrected chi connectivity index (χ0v) is 17.7. The molecule has 0 saturated carbocycles. The van der Waals surface area contributed by atoms with Gasteiger partial charge in [-0.2, -0.15) is 4.31 Å². The average molecular weight is 465 g/mol. The van der Waals surface area contributed by atoms with Crippen molar-refractivity contribution in [1.82, 2.24) is 19.5 Å². The number of hydrogen-bond donors (Lipinski definition) is 0. The molecule has 1 saturated heterocycles. The molecule has 1 aromatic heterocycles. The third-order valence-corrected chi connectivity index (χ3v) is 7.52.